The molecule has 0 unspecified atom stereocenters. The van der Waals surface area contributed by atoms with Gasteiger partial charge in [-0.25, -0.2) is 9.13 Å². The lowest BCUT2D eigenvalue weighted by molar-refractivity contribution is -0.691. The number of nitrogens with zero attached hydrogens (tertiary/aromatic N) is 2. The number of halogens is 1. The van der Waals surface area contributed by atoms with Gasteiger partial charge in [-0.3, -0.25) is 0 Å². The van der Waals surface area contributed by atoms with E-state index in [9.17, 15) is 0 Å². The van der Waals surface area contributed by atoms with Crippen LogP contribution in [-0.2, 0) is 13.1 Å². The molecule has 2 aromatic heterocycles. The molecule has 0 spiro atoms. The molecule has 2 rings (SSSR count). The van der Waals surface area contributed by atoms with Gasteiger partial charge in [-0.2, -0.15) is 0 Å². The van der Waals surface area contributed by atoms with Crippen LogP contribution in [0, 0.1) is 0 Å². The molecular weight excluding hydrogens is 276 g/mol. The third-order valence-electron chi connectivity index (χ3n) is 2.41. The molecule has 0 aliphatic carbocycles. The van der Waals surface area contributed by atoms with E-state index >= 15 is 0 Å². The molecule has 0 aliphatic heterocycles. The largest absolute Gasteiger partial charge is 0.201 e. The summed E-state index contributed by atoms with van der Waals surface area (Å²) >= 11 is 3.60. The van der Waals surface area contributed by atoms with Crippen LogP contribution in [0.5, 0.6) is 0 Å². The van der Waals surface area contributed by atoms with Crippen molar-refractivity contribution in [2.75, 3.05) is 0 Å². The van der Waals surface area contributed by atoms with Crippen LogP contribution >= 0.6 is 15.9 Å². The van der Waals surface area contributed by atoms with Crippen LogP contribution in [0.1, 0.15) is 0 Å². The molecule has 17 heavy (non-hydrogen) atoms. The number of hydrogen-bond acceptors (Lipinski definition) is 0. The van der Waals surface area contributed by atoms with E-state index in [1.807, 2.05) is 36.4 Å². The summed E-state index contributed by atoms with van der Waals surface area (Å²) in [5, 5.41) is 0. The average Bonchev–Trinajstić information content (AvgIpc) is 2.39. The van der Waals surface area contributed by atoms with Gasteiger partial charge in [0.25, 0.3) is 0 Å². The maximum absolute atomic E-state index is 3.60. The summed E-state index contributed by atoms with van der Waals surface area (Å²) in [5.41, 5.74) is 0. The van der Waals surface area contributed by atoms with Crippen molar-refractivity contribution >= 4 is 15.9 Å². The molecule has 2 aromatic rings. The third-order valence-corrected chi connectivity index (χ3v) is 2.99. The van der Waals surface area contributed by atoms with Gasteiger partial charge >= 0.3 is 0 Å². The molecule has 2 nitrogen and oxygen atoms in total. The van der Waals surface area contributed by atoms with E-state index in [1.165, 1.54) is 4.48 Å². The maximum Gasteiger partial charge on any atom is 0.180 e. The van der Waals surface area contributed by atoms with E-state index in [0.29, 0.717) is 0 Å². The smallest absolute Gasteiger partial charge is 0.180 e. The lowest BCUT2D eigenvalue weighted by Gasteiger charge is -1.95. The lowest BCUT2D eigenvalue weighted by Crippen LogP contribution is -2.34. The normalized spacial score (nSPS) is 11.5. The topological polar surface area (TPSA) is 7.76 Å². The Morgan fingerprint density at radius 1 is 0.824 bits per heavy atom. The van der Waals surface area contributed by atoms with Crippen molar-refractivity contribution in [1.82, 2.24) is 0 Å². The zero-order valence-corrected chi connectivity index (χ0v) is 11.1. The molecule has 0 N–H and O–H groups in total. The summed E-state index contributed by atoms with van der Waals surface area (Å²) < 4.78 is 5.46. The Labute approximate surface area is 110 Å². The fourth-order valence-corrected chi connectivity index (χ4v) is 1.97. The first-order chi connectivity index (χ1) is 8.34. The lowest BCUT2D eigenvalue weighted by atomic mass is 10.4. The van der Waals surface area contributed by atoms with Crippen molar-refractivity contribution in [3.63, 3.8) is 0 Å². The first-order valence-electron chi connectivity index (χ1n) is 5.57. The van der Waals surface area contributed by atoms with Gasteiger partial charge in [0.15, 0.2) is 37.9 Å². The molecule has 0 aromatic carbocycles. The van der Waals surface area contributed by atoms with Crippen molar-refractivity contribution in [2.24, 2.45) is 0 Å². The van der Waals surface area contributed by atoms with Crippen LogP contribution in [-0.4, -0.2) is 0 Å². The second kappa shape index (κ2) is 6.30. The quantitative estimate of drug-likeness (QED) is 0.763. The molecule has 0 amide bonds. The van der Waals surface area contributed by atoms with E-state index in [2.05, 4.69) is 55.9 Å². The number of aromatic nitrogens is 2. The standard InChI is InChI=1S/C14H15BrN2/c15-14(13-17-10-5-2-6-11-17)7-12-16-8-3-1-4-9-16/h1-11H,12-13H2/q+2/b14-7-. The van der Waals surface area contributed by atoms with Gasteiger partial charge in [-0.15, -0.1) is 0 Å². The fourth-order valence-electron chi connectivity index (χ4n) is 1.54. The van der Waals surface area contributed by atoms with Gasteiger partial charge in [-0.1, -0.05) is 12.1 Å². The van der Waals surface area contributed by atoms with Gasteiger partial charge in [0.2, 0.25) is 0 Å². The maximum atomic E-state index is 3.60. The molecule has 0 aliphatic rings. The SMILES string of the molecule is Br/C(=C\C[n+]1ccccc1)C[n+]1ccccc1. The highest BCUT2D eigenvalue weighted by atomic mass is 79.9. The van der Waals surface area contributed by atoms with Gasteiger partial charge < -0.3 is 0 Å². The Morgan fingerprint density at radius 3 is 1.94 bits per heavy atom. The molecule has 0 radical (unpaired) electrons. The highest BCUT2D eigenvalue weighted by Crippen LogP contribution is 2.03. The van der Waals surface area contributed by atoms with Crippen LogP contribution in [0.25, 0.3) is 0 Å². The van der Waals surface area contributed by atoms with E-state index in [0.717, 1.165) is 13.1 Å². The zero-order chi connectivity index (χ0) is 11.9. The second-order valence-corrected chi connectivity index (χ2v) is 4.79. The van der Waals surface area contributed by atoms with Crippen LogP contribution < -0.4 is 9.13 Å². The first-order valence-corrected chi connectivity index (χ1v) is 6.36. The molecule has 86 valence electrons. The van der Waals surface area contributed by atoms with Gasteiger partial charge in [0.05, 0.1) is 4.48 Å². The Kier molecular flexibility index (Phi) is 4.45. The minimum Gasteiger partial charge on any atom is -0.201 e. The molecule has 2 heterocycles. The Balaban J connectivity index is 1.94. The Bertz CT molecular complexity index is 480. The monoisotopic (exact) mass is 290 g/mol. The number of hydrogen-bond donors (Lipinski definition) is 0. The van der Waals surface area contributed by atoms with Crippen LogP contribution in [0.3, 0.4) is 0 Å². The van der Waals surface area contributed by atoms with Crippen molar-refractivity contribution < 1.29 is 9.13 Å². The van der Waals surface area contributed by atoms with Crippen LogP contribution in [0.15, 0.2) is 71.7 Å². The number of allylic oxidation sites excluding steroid dienone is 2. The molecule has 3 heteroatoms. The first kappa shape index (κ1) is 12.0. The number of rotatable bonds is 4. The predicted octanol–water partition coefficient (Wildman–Crippen LogP) is 2.24. The van der Waals surface area contributed by atoms with Crippen molar-refractivity contribution in [2.45, 2.75) is 13.1 Å². The zero-order valence-electron chi connectivity index (χ0n) is 9.54. The van der Waals surface area contributed by atoms with E-state index < -0.39 is 0 Å². The summed E-state index contributed by atoms with van der Waals surface area (Å²) in [6, 6.07) is 12.2. The van der Waals surface area contributed by atoms with Crippen molar-refractivity contribution in [3.8, 4) is 0 Å². The molecule has 0 fully saturated rings. The van der Waals surface area contributed by atoms with Crippen molar-refractivity contribution in [1.29, 1.82) is 0 Å². The molecule has 0 saturated carbocycles. The highest BCUT2D eigenvalue weighted by molar-refractivity contribution is 9.11. The Morgan fingerprint density at radius 2 is 1.35 bits per heavy atom. The summed E-state index contributed by atoms with van der Waals surface area (Å²) in [7, 11) is 0. The molecule has 0 atom stereocenters. The predicted molar refractivity (Wildman–Crippen MR) is 70.3 cm³/mol. The second-order valence-electron chi connectivity index (χ2n) is 3.77. The molecule has 0 saturated heterocycles. The van der Waals surface area contributed by atoms with E-state index in [1.54, 1.807) is 0 Å². The summed E-state index contributed by atoms with van der Waals surface area (Å²) in [6.45, 7) is 1.75. The average molecular weight is 291 g/mol. The summed E-state index contributed by atoms with van der Waals surface area (Å²) in [6.07, 6.45) is 10.4. The fraction of sp³-hybridized carbons (Fsp3) is 0.143. The third kappa shape index (κ3) is 4.11. The van der Waals surface area contributed by atoms with Gasteiger partial charge in [-0.05, 0) is 22.0 Å². The van der Waals surface area contributed by atoms with Gasteiger partial charge in [0, 0.05) is 24.3 Å². The molecular formula is C14H15BrN2+2. The minimum absolute atomic E-state index is 0.869. The van der Waals surface area contributed by atoms with E-state index in [4.69, 9.17) is 0 Å². The molecule has 0 bridgehead atoms. The Hall–Kier alpha value is -1.48. The van der Waals surface area contributed by atoms with Crippen LogP contribution in [0.2, 0.25) is 0 Å². The summed E-state index contributed by atoms with van der Waals surface area (Å²) in [5.74, 6) is 0. The van der Waals surface area contributed by atoms with E-state index in [-0.39, 0.29) is 0 Å². The van der Waals surface area contributed by atoms with Gasteiger partial charge in [0.1, 0.15) is 0 Å². The summed E-state index contributed by atoms with van der Waals surface area (Å²) in [4.78, 5) is 0. The van der Waals surface area contributed by atoms with Crippen LogP contribution in [0.4, 0.5) is 0 Å². The number of pyridine rings is 2. The van der Waals surface area contributed by atoms with Crippen molar-refractivity contribution in [3.05, 3.63) is 71.7 Å². The highest BCUT2D eigenvalue weighted by Gasteiger charge is 2.02. The minimum atomic E-state index is 0.869.